The van der Waals surface area contributed by atoms with Gasteiger partial charge in [0.25, 0.3) is 5.88 Å². The molecule has 0 atom stereocenters. The maximum Gasteiger partial charge on any atom is 0.412 e. The number of aromatic nitrogens is 2. The fourth-order valence-corrected chi connectivity index (χ4v) is 3.32. The van der Waals surface area contributed by atoms with Crippen LogP contribution in [-0.2, 0) is 16.1 Å². The maximum atomic E-state index is 12.5. The molecule has 9 heteroatoms. The van der Waals surface area contributed by atoms with Crippen LogP contribution >= 0.6 is 0 Å². The summed E-state index contributed by atoms with van der Waals surface area (Å²) in [7, 11) is 1.70. The van der Waals surface area contributed by atoms with Crippen LogP contribution in [0.15, 0.2) is 36.5 Å². The SMILES string of the molecule is CC(C)(C)OC(=O)Nc1cn(C2CCCCC2)nc1OC(F)F.COCc1ccccc1. The van der Waals surface area contributed by atoms with Crippen LogP contribution in [0.3, 0.4) is 0 Å². The zero-order valence-corrected chi connectivity index (χ0v) is 19.1. The molecule has 1 N–H and O–H groups in total. The number of ether oxygens (including phenoxy) is 3. The molecule has 1 saturated carbocycles. The molecule has 1 aromatic carbocycles. The van der Waals surface area contributed by atoms with E-state index in [1.54, 1.807) is 32.6 Å². The van der Waals surface area contributed by atoms with Gasteiger partial charge in [-0.15, -0.1) is 5.10 Å². The first-order valence-electron chi connectivity index (χ1n) is 10.7. The number of benzene rings is 1. The highest BCUT2D eigenvalue weighted by atomic mass is 19.3. The summed E-state index contributed by atoms with van der Waals surface area (Å²) in [5, 5.41) is 6.50. The molecule has 0 spiro atoms. The van der Waals surface area contributed by atoms with Crippen molar-refractivity contribution in [1.29, 1.82) is 0 Å². The van der Waals surface area contributed by atoms with Crippen molar-refractivity contribution in [2.45, 2.75) is 77.7 Å². The van der Waals surface area contributed by atoms with Crippen LogP contribution in [0.5, 0.6) is 5.88 Å². The number of hydrogen-bond donors (Lipinski definition) is 1. The maximum absolute atomic E-state index is 12.5. The molecule has 1 aliphatic carbocycles. The second-order valence-corrected chi connectivity index (χ2v) is 8.54. The van der Waals surface area contributed by atoms with Gasteiger partial charge in [-0.3, -0.25) is 10.00 Å². The van der Waals surface area contributed by atoms with Crippen molar-refractivity contribution < 1.29 is 27.8 Å². The minimum atomic E-state index is -3.01. The Morgan fingerprint density at radius 3 is 2.41 bits per heavy atom. The van der Waals surface area contributed by atoms with E-state index in [-0.39, 0.29) is 17.6 Å². The second kappa shape index (κ2) is 12.4. The van der Waals surface area contributed by atoms with E-state index in [9.17, 15) is 13.6 Å². The second-order valence-electron chi connectivity index (χ2n) is 8.54. The summed E-state index contributed by atoms with van der Waals surface area (Å²) >= 11 is 0. The largest absolute Gasteiger partial charge is 0.444 e. The zero-order valence-electron chi connectivity index (χ0n) is 19.1. The van der Waals surface area contributed by atoms with E-state index in [0.29, 0.717) is 6.61 Å². The van der Waals surface area contributed by atoms with Gasteiger partial charge in [-0.1, -0.05) is 49.6 Å². The smallest absolute Gasteiger partial charge is 0.412 e. The number of carbonyl (C=O) groups excluding carboxylic acids is 1. The number of alkyl halides is 2. The van der Waals surface area contributed by atoms with Crippen LogP contribution in [-0.4, -0.2) is 35.2 Å². The molecule has 0 saturated heterocycles. The number of hydrogen-bond acceptors (Lipinski definition) is 5. The molecule has 1 aliphatic rings. The van der Waals surface area contributed by atoms with Crippen LogP contribution in [0.1, 0.15) is 64.5 Å². The van der Waals surface area contributed by atoms with Gasteiger partial charge in [0.05, 0.1) is 18.8 Å². The van der Waals surface area contributed by atoms with Crippen molar-refractivity contribution in [2.75, 3.05) is 12.4 Å². The molecule has 2 aromatic rings. The molecule has 1 fully saturated rings. The fourth-order valence-electron chi connectivity index (χ4n) is 3.32. The minimum absolute atomic E-state index is 0.0881. The molecular weight excluding hydrogens is 420 g/mol. The average molecular weight is 454 g/mol. The molecule has 0 radical (unpaired) electrons. The topological polar surface area (TPSA) is 74.6 Å². The van der Waals surface area contributed by atoms with Crippen LogP contribution < -0.4 is 10.1 Å². The molecule has 32 heavy (non-hydrogen) atoms. The van der Waals surface area contributed by atoms with Crippen molar-refractivity contribution >= 4 is 11.8 Å². The summed E-state index contributed by atoms with van der Waals surface area (Å²) in [6.07, 6.45) is 5.97. The lowest BCUT2D eigenvalue weighted by molar-refractivity contribution is -0.0529. The summed E-state index contributed by atoms with van der Waals surface area (Å²) in [4.78, 5) is 11.8. The Hall–Kier alpha value is -2.68. The normalized spacial score (nSPS) is 14.5. The van der Waals surface area contributed by atoms with Crippen molar-refractivity contribution in [3.8, 4) is 5.88 Å². The highest BCUT2D eigenvalue weighted by Crippen LogP contribution is 2.32. The van der Waals surface area contributed by atoms with E-state index in [1.165, 1.54) is 18.2 Å². The van der Waals surface area contributed by atoms with Crippen molar-refractivity contribution in [3.63, 3.8) is 0 Å². The van der Waals surface area contributed by atoms with Gasteiger partial charge in [0, 0.05) is 7.11 Å². The Labute approximate surface area is 188 Å². The van der Waals surface area contributed by atoms with Gasteiger partial charge in [-0.2, -0.15) is 8.78 Å². The van der Waals surface area contributed by atoms with Gasteiger partial charge in [-0.05, 0) is 39.2 Å². The predicted molar refractivity (Wildman–Crippen MR) is 118 cm³/mol. The third-order valence-corrected chi connectivity index (χ3v) is 4.64. The Bertz CT molecular complexity index is 816. The number of methoxy groups -OCH3 is 1. The summed E-state index contributed by atoms with van der Waals surface area (Å²) in [5.74, 6) is -0.295. The third-order valence-electron chi connectivity index (χ3n) is 4.64. The number of rotatable bonds is 6. The lowest BCUT2D eigenvalue weighted by Crippen LogP contribution is -2.27. The molecule has 0 unspecified atom stereocenters. The first-order chi connectivity index (χ1) is 15.2. The monoisotopic (exact) mass is 453 g/mol. The number of amides is 1. The number of nitrogens with one attached hydrogen (secondary N) is 1. The van der Waals surface area contributed by atoms with E-state index in [4.69, 9.17) is 9.47 Å². The van der Waals surface area contributed by atoms with Crippen LogP contribution in [0.4, 0.5) is 19.3 Å². The molecular formula is C23H33F2N3O4. The van der Waals surface area contributed by atoms with Gasteiger partial charge in [0.1, 0.15) is 11.3 Å². The third kappa shape index (κ3) is 9.21. The number of halogens is 2. The Morgan fingerprint density at radius 2 is 1.84 bits per heavy atom. The first-order valence-corrected chi connectivity index (χ1v) is 10.7. The standard InChI is InChI=1S/C15H23F2N3O3.C8H10O/c1-15(2,3)23-14(21)18-11-9-20(10-7-5-4-6-8-10)19-12(11)22-13(16)17;1-9-7-8-5-3-2-4-6-8/h9-10,13H,4-8H2,1-3H3,(H,18,21);2-6H,7H2,1H3. The Morgan fingerprint density at radius 1 is 1.19 bits per heavy atom. The first kappa shape index (κ1) is 25.6. The average Bonchev–Trinajstić information content (AvgIpc) is 3.10. The Balaban J connectivity index is 0.000000336. The molecule has 178 valence electrons. The highest BCUT2D eigenvalue weighted by molar-refractivity contribution is 5.86. The van der Waals surface area contributed by atoms with Gasteiger partial charge >= 0.3 is 12.7 Å². The van der Waals surface area contributed by atoms with Crippen LogP contribution in [0, 0.1) is 0 Å². The van der Waals surface area contributed by atoms with E-state index < -0.39 is 18.3 Å². The molecule has 0 bridgehead atoms. The molecule has 1 amide bonds. The fraction of sp³-hybridized carbons (Fsp3) is 0.565. The van der Waals surface area contributed by atoms with Gasteiger partial charge < -0.3 is 14.2 Å². The van der Waals surface area contributed by atoms with Gasteiger partial charge in [0.15, 0.2) is 0 Å². The highest BCUT2D eigenvalue weighted by Gasteiger charge is 2.24. The molecule has 1 heterocycles. The van der Waals surface area contributed by atoms with Crippen LogP contribution in [0.2, 0.25) is 0 Å². The number of nitrogens with zero attached hydrogens (tertiary/aromatic N) is 2. The van der Waals surface area contributed by atoms with Crippen molar-refractivity contribution in [1.82, 2.24) is 9.78 Å². The van der Waals surface area contributed by atoms with E-state index >= 15 is 0 Å². The summed E-state index contributed by atoms with van der Waals surface area (Å²) in [6.45, 7) is 2.85. The Kier molecular flexibility index (Phi) is 9.90. The summed E-state index contributed by atoms with van der Waals surface area (Å²) in [5.41, 5.74) is 0.623. The van der Waals surface area contributed by atoms with E-state index in [0.717, 1.165) is 25.7 Å². The molecule has 3 rings (SSSR count). The number of carbonyl (C=O) groups is 1. The summed E-state index contributed by atoms with van der Waals surface area (Å²) in [6, 6.07) is 10.2. The van der Waals surface area contributed by atoms with E-state index in [2.05, 4.69) is 15.2 Å². The van der Waals surface area contributed by atoms with Crippen LogP contribution in [0.25, 0.3) is 0 Å². The minimum Gasteiger partial charge on any atom is -0.444 e. The van der Waals surface area contributed by atoms with Crippen molar-refractivity contribution in [2.24, 2.45) is 0 Å². The molecule has 7 nitrogen and oxygen atoms in total. The lowest BCUT2D eigenvalue weighted by Gasteiger charge is -2.21. The summed E-state index contributed by atoms with van der Waals surface area (Å²) < 4.78 is 41.2. The number of anilines is 1. The van der Waals surface area contributed by atoms with Gasteiger partial charge in [-0.25, -0.2) is 4.79 Å². The quantitative estimate of drug-likeness (QED) is 0.566. The predicted octanol–water partition coefficient (Wildman–Crippen LogP) is 6.17. The van der Waals surface area contributed by atoms with E-state index in [1.807, 2.05) is 30.3 Å². The molecule has 1 aromatic heterocycles. The zero-order chi connectivity index (χ0) is 23.6. The van der Waals surface area contributed by atoms with Gasteiger partial charge in [0.2, 0.25) is 0 Å². The van der Waals surface area contributed by atoms with Crippen molar-refractivity contribution in [3.05, 3.63) is 42.1 Å². The molecule has 0 aliphatic heterocycles. The lowest BCUT2D eigenvalue weighted by atomic mass is 9.96.